The minimum Gasteiger partial charge on any atom is -0.480 e. The molecule has 1 aliphatic heterocycles. The molecule has 5 heteroatoms. The topological polar surface area (TPSA) is 78.4 Å². The summed E-state index contributed by atoms with van der Waals surface area (Å²) in [6, 6.07) is -0.663. The first-order valence-electron chi connectivity index (χ1n) is 6.39. The summed E-state index contributed by atoms with van der Waals surface area (Å²) in [6.07, 6.45) is 4.33. The zero-order valence-electron chi connectivity index (χ0n) is 9.95. The summed E-state index contributed by atoms with van der Waals surface area (Å²) in [5.74, 6) is -0.434. The molecule has 17 heavy (non-hydrogen) atoms. The van der Waals surface area contributed by atoms with E-state index in [1.807, 2.05) is 0 Å². The second kappa shape index (κ2) is 5.49. The van der Waals surface area contributed by atoms with Crippen LogP contribution in [0.25, 0.3) is 0 Å². The zero-order chi connectivity index (χ0) is 12.3. The molecule has 1 aliphatic carbocycles. The first kappa shape index (κ1) is 12.4. The summed E-state index contributed by atoms with van der Waals surface area (Å²) in [5.41, 5.74) is 0. The van der Waals surface area contributed by atoms with Gasteiger partial charge in [0, 0.05) is 6.42 Å². The van der Waals surface area contributed by atoms with E-state index in [1.54, 1.807) is 0 Å². The van der Waals surface area contributed by atoms with Crippen LogP contribution in [0, 0.1) is 11.8 Å². The summed E-state index contributed by atoms with van der Waals surface area (Å²) < 4.78 is 0. The van der Waals surface area contributed by atoms with Gasteiger partial charge in [-0.2, -0.15) is 0 Å². The fraction of sp³-hybridized carbons (Fsp3) is 0.833. The number of carbonyl (C=O) groups excluding carboxylic acids is 1. The lowest BCUT2D eigenvalue weighted by Crippen LogP contribution is -2.43. The van der Waals surface area contributed by atoms with Crippen molar-refractivity contribution < 1.29 is 14.7 Å². The fourth-order valence-corrected chi connectivity index (χ4v) is 2.39. The normalized spacial score (nSPS) is 23.1. The minimum absolute atomic E-state index is 0.101. The van der Waals surface area contributed by atoms with Crippen molar-refractivity contribution in [2.75, 3.05) is 13.1 Å². The van der Waals surface area contributed by atoms with Crippen LogP contribution >= 0.6 is 0 Å². The SMILES string of the molecule is O=C(CC1CCNCC1)NC(C(=O)O)C1CC1. The maximum Gasteiger partial charge on any atom is 0.326 e. The molecule has 3 N–H and O–H groups in total. The number of carboxylic acid groups (broad SMARTS) is 1. The summed E-state index contributed by atoms with van der Waals surface area (Å²) in [6.45, 7) is 1.92. The summed E-state index contributed by atoms with van der Waals surface area (Å²) >= 11 is 0. The van der Waals surface area contributed by atoms with Gasteiger partial charge in [0.1, 0.15) is 6.04 Å². The number of piperidine rings is 1. The van der Waals surface area contributed by atoms with E-state index < -0.39 is 12.0 Å². The van der Waals surface area contributed by atoms with Crippen LogP contribution in [-0.4, -0.2) is 36.1 Å². The number of carboxylic acids is 1. The predicted molar refractivity (Wildman–Crippen MR) is 62.5 cm³/mol. The van der Waals surface area contributed by atoms with Crippen molar-refractivity contribution in [3.63, 3.8) is 0 Å². The Labute approximate surface area is 101 Å². The van der Waals surface area contributed by atoms with Gasteiger partial charge in [-0.25, -0.2) is 4.79 Å². The van der Waals surface area contributed by atoms with Crippen LogP contribution < -0.4 is 10.6 Å². The minimum atomic E-state index is -0.897. The van der Waals surface area contributed by atoms with E-state index in [-0.39, 0.29) is 11.8 Å². The molecule has 1 amide bonds. The van der Waals surface area contributed by atoms with Crippen LogP contribution in [0.1, 0.15) is 32.1 Å². The molecular formula is C12H20N2O3. The number of aliphatic carboxylic acids is 1. The maximum atomic E-state index is 11.8. The molecule has 1 atom stereocenters. The second-order valence-electron chi connectivity index (χ2n) is 5.12. The van der Waals surface area contributed by atoms with E-state index >= 15 is 0 Å². The molecule has 1 heterocycles. The van der Waals surface area contributed by atoms with Gasteiger partial charge in [0.2, 0.25) is 5.91 Å². The molecule has 2 aliphatic rings. The van der Waals surface area contributed by atoms with E-state index in [0.717, 1.165) is 38.8 Å². The largest absolute Gasteiger partial charge is 0.480 e. The van der Waals surface area contributed by atoms with E-state index in [4.69, 9.17) is 5.11 Å². The number of hydrogen-bond acceptors (Lipinski definition) is 3. The first-order valence-corrected chi connectivity index (χ1v) is 6.39. The summed E-state index contributed by atoms with van der Waals surface area (Å²) in [7, 11) is 0. The molecule has 2 fully saturated rings. The molecule has 0 spiro atoms. The van der Waals surface area contributed by atoms with Gasteiger partial charge in [0.05, 0.1) is 0 Å². The second-order valence-corrected chi connectivity index (χ2v) is 5.12. The Morgan fingerprint density at radius 1 is 1.24 bits per heavy atom. The molecule has 1 saturated carbocycles. The molecule has 5 nitrogen and oxygen atoms in total. The van der Waals surface area contributed by atoms with Crippen LogP contribution in [0.15, 0.2) is 0 Å². The number of carbonyl (C=O) groups is 2. The fourth-order valence-electron chi connectivity index (χ4n) is 2.39. The van der Waals surface area contributed by atoms with Crippen molar-refractivity contribution >= 4 is 11.9 Å². The molecule has 1 saturated heterocycles. The smallest absolute Gasteiger partial charge is 0.326 e. The molecule has 0 aromatic rings. The van der Waals surface area contributed by atoms with Crippen LogP contribution in [0.5, 0.6) is 0 Å². The van der Waals surface area contributed by atoms with E-state index in [2.05, 4.69) is 10.6 Å². The third-order valence-electron chi connectivity index (χ3n) is 3.61. The number of hydrogen-bond donors (Lipinski definition) is 3. The van der Waals surface area contributed by atoms with Crippen LogP contribution in [-0.2, 0) is 9.59 Å². The monoisotopic (exact) mass is 240 g/mol. The highest BCUT2D eigenvalue weighted by molar-refractivity contribution is 5.84. The number of rotatable bonds is 5. The Morgan fingerprint density at radius 3 is 2.41 bits per heavy atom. The molecule has 1 unspecified atom stereocenters. The first-order chi connectivity index (χ1) is 8.16. The quantitative estimate of drug-likeness (QED) is 0.648. The Kier molecular flexibility index (Phi) is 3.99. The third kappa shape index (κ3) is 3.70. The Morgan fingerprint density at radius 2 is 1.88 bits per heavy atom. The van der Waals surface area contributed by atoms with Gasteiger partial charge in [-0.1, -0.05) is 0 Å². The lowest BCUT2D eigenvalue weighted by molar-refractivity contribution is -0.142. The van der Waals surface area contributed by atoms with Crippen LogP contribution in [0.4, 0.5) is 0 Å². The molecule has 0 radical (unpaired) electrons. The molecular weight excluding hydrogens is 220 g/mol. The summed E-state index contributed by atoms with van der Waals surface area (Å²) in [5, 5.41) is 14.9. The predicted octanol–water partition coefficient (Wildman–Crippen LogP) is 0.355. The van der Waals surface area contributed by atoms with E-state index in [1.165, 1.54) is 0 Å². The standard InChI is InChI=1S/C12H20N2O3/c15-10(7-8-3-5-13-6-4-8)14-11(12(16)17)9-1-2-9/h8-9,11,13H,1-7H2,(H,14,15)(H,16,17). The van der Waals surface area contributed by atoms with Crippen molar-refractivity contribution in [2.24, 2.45) is 11.8 Å². The van der Waals surface area contributed by atoms with Gasteiger partial charge >= 0.3 is 5.97 Å². The molecule has 2 rings (SSSR count). The maximum absolute atomic E-state index is 11.8. The molecule has 0 bridgehead atoms. The third-order valence-corrected chi connectivity index (χ3v) is 3.61. The van der Waals surface area contributed by atoms with Gasteiger partial charge in [-0.15, -0.1) is 0 Å². The van der Waals surface area contributed by atoms with Gasteiger partial charge < -0.3 is 15.7 Å². The van der Waals surface area contributed by atoms with Gasteiger partial charge in [-0.05, 0) is 50.6 Å². The highest BCUT2D eigenvalue weighted by atomic mass is 16.4. The van der Waals surface area contributed by atoms with E-state index in [0.29, 0.717) is 12.3 Å². The number of nitrogens with one attached hydrogen (secondary N) is 2. The summed E-state index contributed by atoms with van der Waals surface area (Å²) in [4.78, 5) is 22.7. The number of amides is 1. The van der Waals surface area contributed by atoms with Gasteiger partial charge in [0.15, 0.2) is 0 Å². The Bertz CT molecular complexity index is 296. The average molecular weight is 240 g/mol. The zero-order valence-corrected chi connectivity index (χ0v) is 9.95. The average Bonchev–Trinajstić information content (AvgIpc) is 3.11. The van der Waals surface area contributed by atoms with E-state index in [9.17, 15) is 9.59 Å². The van der Waals surface area contributed by atoms with Crippen molar-refractivity contribution in [1.29, 1.82) is 0 Å². The van der Waals surface area contributed by atoms with Crippen molar-refractivity contribution in [1.82, 2.24) is 10.6 Å². The Hall–Kier alpha value is -1.10. The molecule has 96 valence electrons. The van der Waals surface area contributed by atoms with Crippen LogP contribution in [0.3, 0.4) is 0 Å². The molecule has 0 aromatic heterocycles. The van der Waals surface area contributed by atoms with Crippen molar-refractivity contribution in [3.8, 4) is 0 Å². The van der Waals surface area contributed by atoms with Crippen molar-refractivity contribution in [3.05, 3.63) is 0 Å². The van der Waals surface area contributed by atoms with Gasteiger partial charge in [0.25, 0.3) is 0 Å². The van der Waals surface area contributed by atoms with Crippen molar-refractivity contribution in [2.45, 2.75) is 38.1 Å². The lowest BCUT2D eigenvalue weighted by Gasteiger charge is -2.23. The highest BCUT2D eigenvalue weighted by Gasteiger charge is 2.37. The molecule has 0 aromatic carbocycles. The highest BCUT2D eigenvalue weighted by Crippen LogP contribution is 2.32. The van der Waals surface area contributed by atoms with Crippen LogP contribution in [0.2, 0.25) is 0 Å². The van der Waals surface area contributed by atoms with Gasteiger partial charge in [-0.3, -0.25) is 4.79 Å². The Balaban J connectivity index is 1.76. The lowest BCUT2D eigenvalue weighted by atomic mass is 9.94.